The molecule has 0 aliphatic rings. The van der Waals surface area contributed by atoms with Gasteiger partial charge < -0.3 is 15.6 Å². The third kappa shape index (κ3) is 4.01. The molecule has 3 N–H and O–H groups in total. The third-order valence-electron chi connectivity index (χ3n) is 4.45. The lowest BCUT2D eigenvalue weighted by Crippen LogP contribution is -2.17. The molecule has 0 bridgehead atoms. The second kappa shape index (κ2) is 7.59. The van der Waals surface area contributed by atoms with Crippen LogP contribution in [0, 0.1) is 5.82 Å². The van der Waals surface area contributed by atoms with Gasteiger partial charge in [0, 0.05) is 29.8 Å². The summed E-state index contributed by atoms with van der Waals surface area (Å²) in [6, 6.07) is 14.8. The number of nitrogens with one attached hydrogen (secondary N) is 3. The monoisotopic (exact) mass is 391 g/mol. The predicted molar refractivity (Wildman–Crippen MR) is 108 cm³/mol. The Kier molecular flexibility index (Phi) is 4.82. The fourth-order valence-corrected chi connectivity index (χ4v) is 3.03. The fraction of sp³-hybridized carbons (Fsp3) is 0.0952. The molecule has 0 fully saturated rings. The predicted octanol–water partition coefficient (Wildman–Crippen LogP) is 3.03. The maximum atomic E-state index is 13.0. The second-order valence-electron chi connectivity index (χ2n) is 6.52. The minimum absolute atomic E-state index is 0.100. The van der Waals surface area contributed by atoms with Crippen molar-refractivity contribution in [1.82, 2.24) is 20.1 Å². The molecule has 2 heterocycles. The lowest BCUT2D eigenvalue weighted by atomic mass is 10.2. The maximum Gasteiger partial charge on any atom is 0.267 e. The summed E-state index contributed by atoms with van der Waals surface area (Å²) in [6.07, 6.45) is 1.82. The highest BCUT2D eigenvalue weighted by Crippen LogP contribution is 2.20. The summed E-state index contributed by atoms with van der Waals surface area (Å²) in [5.74, 6) is -0.735. The first-order chi connectivity index (χ1) is 14.0. The molecule has 146 valence electrons. The molecule has 8 heteroatoms. The maximum absolute atomic E-state index is 13.0. The van der Waals surface area contributed by atoms with Gasteiger partial charge in [0.25, 0.3) is 5.91 Å². The van der Waals surface area contributed by atoms with E-state index in [1.807, 2.05) is 0 Å². The van der Waals surface area contributed by atoms with Crippen molar-refractivity contribution < 1.29 is 14.0 Å². The van der Waals surface area contributed by atoms with Crippen molar-refractivity contribution in [2.75, 3.05) is 12.4 Å². The number of aromatic amines is 1. The average molecular weight is 391 g/mol. The number of benzene rings is 2. The molecule has 0 saturated carbocycles. The molecule has 0 saturated heterocycles. The van der Waals surface area contributed by atoms with Crippen LogP contribution in [0.1, 0.15) is 16.2 Å². The Morgan fingerprint density at radius 1 is 1.10 bits per heavy atom. The number of rotatable bonds is 5. The number of carbonyl (C=O) groups is 2. The quantitative estimate of drug-likeness (QED) is 0.488. The van der Waals surface area contributed by atoms with Gasteiger partial charge in [0.15, 0.2) is 0 Å². The molecular weight excluding hydrogens is 373 g/mol. The Bertz CT molecular complexity index is 1190. The number of fused-ring (bicyclic) bond motifs is 1. The highest BCUT2D eigenvalue weighted by atomic mass is 19.1. The molecule has 2 amide bonds. The SMILES string of the molecule is CNC(=O)c1cc2cc(NC(=O)Cc3ccn(-c4ccc(F)cc4)n3)ccc2[nH]1. The van der Waals surface area contributed by atoms with Gasteiger partial charge in [-0.1, -0.05) is 0 Å². The molecule has 4 rings (SSSR count). The number of halogens is 1. The van der Waals surface area contributed by atoms with Crippen LogP contribution in [0.3, 0.4) is 0 Å². The number of anilines is 1. The Morgan fingerprint density at radius 2 is 1.90 bits per heavy atom. The number of nitrogens with zero attached hydrogens (tertiary/aromatic N) is 2. The van der Waals surface area contributed by atoms with Crippen molar-refractivity contribution in [2.45, 2.75) is 6.42 Å². The summed E-state index contributed by atoms with van der Waals surface area (Å²) in [4.78, 5) is 27.1. The molecule has 0 aliphatic heterocycles. The first-order valence-electron chi connectivity index (χ1n) is 8.97. The van der Waals surface area contributed by atoms with Crippen LogP contribution < -0.4 is 10.6 Å². The molecule has 2 aromatic heterocycles. The molecule has 4 aromatic rings. The van der Waals surface area contributed by atoms with Crippen LogP contribution in [-0.4, -0.2) is 33.6 Å². The van der Waals surface area contributed by atoms with E-state index in [1.165, 1.54) is 12.1 Å². The van der Waals surface area contributed by atoms with Gasteiger partial charge in [-0.3, -0.25) is 9.59 Å². The largest absolute Gasteiger partial charge is 0.354 e. The number of amides is 2. The molecular formula is C21H18FN5O2. The highest BCUT2D eigenvalue weighted by Gasteiger charge is 2.11. The normalized spacial score (nSPS) is 10.8. The summed E-state index contributed by atoms with van der Waals surface area (Å²) >= 11 is 0. The van der Waals surface area contributed by atoms with E-state index in [2.05, 4.69) is 20.7 Å². The summed E-state index contributed by atoms with van der Waals surface area (Å²) in [5.41, 5.74) is 3.19. The van der Waals surface area contributed by atoms with E-state index in [9.17, 15) is 14.0 Å². The second-order valence-corrected chi connectivity index (χ2v) is 6.52. The van der Waals surface area contributed by atoms with E-state index in [0.717, 1.165) is 10.9 Å². The minimum Gasteiger partial charge on any atom is -0.354 e. The third-order valence-corrected chi connectivity index (χ3v) is 4.45. The number of hydrogen-bond donors (Lipinski definition) is 3. The van der Waals surface area contributed by atoms with E-state index < -0.39 is 0 Å². The topological polar surface area (TPSA) is 91.8 Å². The van der Waals surface area contributed by atoms with Gasteiger partial charge >= 0.3 is 0 Å². The highest BCUT2D eigenvalue weighted by molar-refractivity contribution is 6.00. The first kappa shape index (κ1) is 18.4. The first-order valence-corrected chi connectivity index (χ1v) is 8.97. The van der Waals surface area contributed by atoms with Crippen LogP contribution in [-0.2, 0) is 11.2 Å². The Labute approximate surface area is 165 Å². The van der Waals surface area contributed by atoms with Gasteiger partial charge in [0.2, 0.25) is 5.91 Å². The van der Waals surface area contributed by atoms with Crippen LogP contribution in [0.2, 0.25) is 0 Å². The molecule has 0 radical (unpaired) electrons. The van der Waals surface area contributed by atoms with Gasteiger partial charge in [-0.15, -0.1) is 0 Å². The lowest BCUT2D eigenvalue weighted by molar-refractivity contribution is -0.115. The van der Waals surface area contributed by atoms with Crippen molar-refractivity contribution in [2.24, 2.45) is 0 Å². The molecule has 0 spiro atoms. The number of H-pyrrole nitrogens is 1. The van der Waals surface area contributed by atoms with Gasteiger partial charge in [-0.25, -0.2) is 9.07 Å². The zero-order valence-corrected chi connectivity index (χ0v) is 15.6. The van der Waals surface area contributed by atoms with Crippen LogP contribution in [0.25, 0.3) is 16.6 Å². The summed E-state index contributed by atoms with van der Waals surface area (Å²) < 4.78 is 14.6. The summed E-state index contributed by atoms with van der Waals surface area (Å²) in [7, 11) is 1.57. The van der Waals surface area contributed by atoms with Crippen LogP contribution >= 0.6 is 0 Å². The fourth-order valence-electron chi connectivity index (χ4n) is 3.03. The van der Waals surface area contributed by atoms with Crippen molar-refractivity contribution in [3.8, 4) is 5.69 Å². The average Bonchev–Trinajstić information content (AvgIpc) is 3.34. The van der Waals surface area contributed by atoms with Crippen molar-refractivity contribution in [3.05, 3.63) is 78.0 Å². The number of aromatic nitrogens is 3. The Balaban J connectivity index is 1.44. The molecule has 7 nitrogen and oxygen atoms in total. The van der Waals surface area contributed by atoms with Crippen LogP contribution in [0.4, 0.5) is 10.1 Å². The zero-order chi connectivity index (χ0) is 20.4. The minimum atomic E-state index is -0.317. The van der Waals surface area contributed by atoms with E-state index in [-0.39, 0.29) is 24.1 Å². The summed E-state index contributed by atoms with van der Waals surface area (Å²) in [5, 5.41) is 10.6. The lowest BCUT2D eigenvalue weighted by Gasteiger charge is -2.04. The van der Waals surface area contributed by atoms with E-state index in [1.54, 1.807) is 60.4 Å². The number of hydrogen-bond acceptors (Lipinski definition) is 3. The van der Waals surface area contributed by atoms with Crippen molar-refractivity contribution in [1.29, 1.82) is 0 Å². The molecule has 29 heavy (non-hydrogen) atoms. The Morgan fingerprint density at radius 3 is 2.66 bits per heavy atom. The molecule has 0 unspecified atom stereocenters. The van der Waals surface area contributed by atoms with Gasteiger partial charge in [0.1, 0.15) is 11.5 Å². The standard InChI is InChI=1S/C21H18FN5O2/c1-23-21(29)19-11-13-10-15(4-7-18(13)25-19)24-20(28)12-16-8-9-27(26-16)17-5-2-14(22)3-6-17/h2-11,25H,12H2,1H3,(H,23,29)(H,24,28). The Hall–Kier alpha value is -3.94. The summed E-state index contributed by atoms with van der Waals surface area (Å²) in [6.45, 7) is 0. The van der Waals surface area contributed by atoms with Crippen molar-refractivity contribution >= 4 is 28.4 Å². The van der Waals surface area contributed by atoms with Gasteiger partial charge in [-0.2, -0.15) is 5.10 Å². The van der Waals surface area contributed by atoms with Crippen LogP contribution in [0.5, 0.6) is 0 Å². The number of carbonyl (C=O) groups excluding carboxylic acids is 2. The van der Waals surface area contributed by atoms with E-state index in [4.69, 9.17) is 0 Å². The van der Waals surface area contributed by atoms with Crippen molar-refractivity contribution in [3.63, 3.8) is 0 Å². The molecule has 0 atom stereocenters. The van der Waals surface area contributed by atoms with E-state index >= 15 is 0 Å². The van der Waals surface area contributed by atoms with Gasteiger partial charge in [-0.05, 0) is 54.6 Å². The van der Waals surface area contributed by atoms with E-state index in [0.29, 0.717) is 22.8 Å². The van der Waals surface area contributed by atoms with Crippen LogP contribution in [0.15, 0.2) is 60.8 Å². The smallest absolute Gasteiger partial charge is 0.267 e. The van der Waals surface area contributed by atoms with Gasteiger partial charge in [0.05, 0.1) is 17.8 Å². The molecule has 0 aliphatic carbocycles. The zero-order valence-electron chi connectivity index (χ0n) is 15.6. The molecule has 2 aromatic carbocycles.